The Morgan fingerprint density at radius 1 is 1.24 bits per heavy atom. The quantitative estimate of drug-likeness (QED) is 0.742. The Balaban J connectivity index is 2.46. The molecule has 0 amide bonds. The summed E-state index contributed by atoms with van der Waals surface area (Å²) in [5.41, 5.74) is 0. The van der Waals surface area contributed by atoms with Gasteiger partial charge < -0.3 is 14.8 Å². The van der Waals surface area contributed by atoms with Crippen LogP contribution in [0.25, 0.3) is 0 Å². The van der Waals surface area contributed by atoms with Gasteiger partial charge in [0.1, 0.15) is 0 Å². The van der Waals surface area contributed by atoms with Crippen LogP contribution in [0.3, 0.4) is 0 Å². The first-order chi connectivity index (χ1) is 8.09. The number of ether oxygens (including phenoxy) is 2. The molecule has 4 nitrogen and oxygen atoms in total. The molecule has 0 spiro atoms. The van der Waals surface area contributed by atoms with Crippen molar-refractivity contribution in [2.75, 3.05) is 18.5 Å². The molecule has 0 saturated heterocycles. The minimum Gasteiger partial charge on any atom is -0.487 e. The maximum Gasteiger partial charge on any atom is 0.168 e. The van der Waals surface area contributed by atoms with E-state index in [0.29, 0.717) is 6.61 Å². The molecule has 96 valence electrons. The second kappa shape index (κ2) is 7.12. The highest BCUT2D eigenvalue weighted by Gasteiger charge is 2.05. The van der Waals surface area contributed by atoms with E-state index in [-0.39, 0.29) is 12.2 Å². The van der Waals surface area contributed by atoms with Crippen molar-refractivity contribution in [3.05, 3.63) is 18.3 Å². The Labute approximate surface area is 103 Å². The van der Waals surface area contributed by atoms with Gasteiger partial charge in [0.2, 0.25) is 0 Å². The number of pyridine rings is 1. The van der Waals surface area contributed by atoms with Gasteiger partial charge >= 0.3 is 0 Å². The third-order valence-corrected chi connectivity index (χ3v) is 1.98. The average Bonchev–Trinajstić information content (AvgIpc) is 2.25. The van der Waals surface area contributed by atoms with Gasteiger partial charge in [-0.15, -0.1) is 0 Å². The molecule has 1 rings (SSSR count). The zero-order chi connectivity index (χ0) is 12.7. The number of aromatic nitrogens is 1. The third-order valence-electron chi connectivity index (χ3n) is 1.98. The SMILES string of the molecule is CC(C)OCCNc1ncccc1OC(C)C. The number of rotatable bonds is 7. The third kappa shape index (κ3) is 5.54. The van der Waals surface area contributed by atoms with E-state index in [0.717, 1.165) is 18.1 Å². The minimum atomic E-state index is 0.145. The molecule has 0 aliphatic rings. The molecule has 0 saturated carbocycles. The average molecular weight is 238 g/mol. The van der Waals surface area contributed by atoms with Crippen LogP contribution in [0.5, 0.6) is 5.75 Å². The summed E-state index contributed by atoms with van der Waals surface area (Å²) in [6, 6.07) is 3.78. The first-order valence-electron chi connectivity index (χ1n) is 6.06. The molecule has 17 heavy (non-hydrogen) atoms. The van der Waals surface area contributed by atoms with Gasteiger partial charge in [-0.25, -0.2) is 4.98 Å². The van der Waals surface area contributed by atoms with Gasteiger partial charge in [-0.05, 0) is 39.8 Å². The fraction of sp³-hybridized carbons (Fsp3) is 0.615. The van der Waals surface area contributed by atoms with Crippen molar-refractivity contribution in [1.29, 1.82) is 0 Å². The topological polar surface area (TPSA) is 43.4 Å². The Morgan fingerprint density at radius 3 is 2.65 bits per heavy atom. The first kappa shape index (κ1) is 13.8. The van der Waals surface area contributed by atoms with Crippen LogP contribution in [0.1, 0.15) is 27.7 Å². The van der Waals surface area contributed by atoms with E-state index < -0.39 is 0 Å². The summed E-state index contributed by atoms with van der Waals surface area (Å²) >= 11 is 0. The second-order valence-electron chi connectivity index (χ2n) is 4.36. The fourth-order valence-electron chi connectivity index (χ4n) is 1.34. The fourth-order valence-corrected chi connectivity index (χ4v) is 1.34. The van der Waals surface area contributed by atoms with E-state index in [4.69, 9.17) is 9.47 Å². The van der Waals surface area contributed by atoms with Gasteiger partial charge in [-0.3, -0.25) is 0 Å². The van der Waals surface area contributed by atoms with Crippen LogP contribution >= 0.6 is 0 Å². The molecule has 1 aromatic rings. The molecule has 0 aromatic carbocycles. The van der Waals surface area contributed by atoms with Gasteiger partial charge in [0.15, 0.2) is 11.6 Å². The Hall–Kier alpha value is -1.29. The van der Waals surface area contributed by atoms with Gasteiger partial charge in [-0.2, -0.15) is 0 Å². The van der Waals surface area contributed by atoms with Crippen LogP contribution in [0, 0.1) is 0 Å². The van der Waals surface area contributed by atoms with Crippen LogP contribution in [-0.4, -0.2) is 30.3 Å². The summed E-state index contributed by atoms with van der Waals surface area (Å²) in [5.74, 6) is 1.56. The van der Waals surface area contributed by atoms with Crippen molar-refractivity contribution in [2.24, 2.45) is 0 Å². The lowest BCUT2D eigenvalue weighted by molar-refractivity contribution is 0.0870. The van der Waals surface area contributed by atoms with E-state index in [1.165, 1.54) is 0 Å². The maximum absolute atomic E-state index is 5.66. The molecule has 0 aliphatic carbocycles. The summed E-state index contributed by atoms with van der Waals surface area (Å²) in [5, 5.41) is 3.21. The smallest absolute Gasteiger partial charge is 0.168 e. The Morgan fingerprint density at radius 2 is 2.00 bits per heavy atom. The monoisotopic (exact) mass is 238 g/mol. The largest absolute Gasteiger partial charge is 0.487 e. The molecule has 0 fully saturated rings. The molecule has 0 radical (unpaired) electrons. The number of hydrogen-bond donors (Lipinski definition) is 1. The van der Waals surface area contributed by atoms with Gasteiger partial charge in [-0.1, -0.05) is 0 Å². The van der Waals surface area contributed by atoms with Crippen LogP contribution in [-0.2, 0) is 4.74 Å². The number of nitrogens with one attached hydrogen (secondary N) is 1. The van der Waals surface area contributed by atoms with Gasteiger partial charge in [0.25, 0.3) is 0 Å². The molecular formula is C13H22N2O2. The molecule has 4 heteroatoms. The number of anilines is 1. The standard InChI is InChI=1S/C13H22N2O2/c1-10(2)16-9-8-15-13-12(17-11(3)4)6-5-7-14-13/h5-7,10-11H,8-9H2,1-4H3,(H,14,15). The second-order valence-corrected chi connectivity index (χ2v) is 4.36. The van der Waals surface area contributed by atoms with Crippen molar-refractivity contribution in [3.8, 4) is 5.75 Å². The Bertz CT molecular complexity index is 327. The predicted molar refractivity (Wildman–Crippen MR) is 69.6 cm³/mol. The molecule has 1 aromatic heterocycles. The summed E-state index contributed by atoms with van der Waals surface area (Å²) in [4.78, 5) is 4.26. The summed E-state index contributed by atoms with van der Waals surface area (Å²) in [7, 11) is 0. The molecule has 0 bridgehead atoms. The van der Waals surface area contributed by atoms with Crippen molar-refractivity contribution < 1.29 is 9.47 Å². The van der Waals surface area contributed by atoms with E-state index >= 15 is 0 Å². The number of nitrogens with zero attached hydrogens (tertiary/aromatic N) is 1. The highest BCUT2D eigenvalue weighted by atomic mass is 16.5. The van der Waals surface area contributed by atoms with Crippen LogP contribution in [0.2, 0.25) is 0 Å². The van der Waals surface area contributed by atoms with Gasteiger partial charge in [0.05, 0.1) is 18.8 Å². The van der Waals surface area contributed by atoms with Crippen molar-refractivity contribution in [3.63, 3.8) is 0 Å². The normalized spacial score (nSPS) is 10.9. The highest BCUT2D eigenvalue weighted by Crippen LogP contribution is 2.21. The van der Waals surface area contributed by atoms with Gasteiger partial charge in [0, 0.05) is 12.7 Å². The van der Waals surface area contributed by atoms with Crippen molar-refractivity contribution in [2.45, 2.75) is 39.9 Å². The summed E-state index contributed by atoms with van der Waals surface area (Å²) in [6.45, 7) is 9.43. The van der Waals surface area contributed by atoms with Crippen LogP contribution in [0.4, 0.5) is 5.82 Å². The van der Waals surface area contributed by atoms with E-state index in [1.807, 2.05) is 39.8 Å². The van der Waals surface area contributed by atoms with Crippen molar-refractivity contribution >= 4 is 5.82 Å². The lowest BCUT2D eigenvalue weighted by Gasteiger charge is -2.14. The van der Waals surface area contributed by atoms with E-state index in [9.17, 15) is 0 Å². The van der Waals surface area contributed by atoms with Crippen molar-refractivity contribution in [1.82, 2.24) is 4.98 Å². The maximum atomic E-state index is 5.66. The molecule has 0 aliphatic heterocycles. The zero-order valence-electron chi connectivity index (χ0n) is 11.1. The van der Waals surface area contributed by atoms with Crippen LogP contribution < -0.4 is 10.1 Å². The highest BCUT2D eigenvalue weighted by molar-refractivity contribution is 5.49. The summed E-state index contributed by atoms with van der Waals surface area (Å²) in [6.07, 6.45) is 2.15. The Kier molecular flexibility index (Phi) is 5.77. The van der Waals surface area contributed by atoms with Crippen LogP contribution in [0.15, 0.2) is 18.3 Å². The molecule has 1 N–H and O–H groups in total. The summed E-state index contributed by atoms with van der Waals surface area (Å²) < 4.78 is 11.1. The molecule has 0 unspecified atom stereocenters. The molecule has 1 heterocycles. The zero-order valence-corrected chi connectivity index (χ0v) is 11.1. The lowest BCUT2D eigenvalue weighted by atomic mass is 10.4. The predicted octanol–water partition coefficient (Wildman–Crippen LogP) is 2.71. The van der Waals surface area contributed by atoms with E-state index in [1.54, 1.807) is 6.20 Å². The van der Waals surface area contributed by atoms with E-state index in [2.05, 4.69) is 10.3 Å². The molecule has 0 atom stereocenters. The lowest BCUT2D eigenvalue weighted by Crippen LogP contribution is -2.15. The first-order valence-corrected chi connectivity index (χ1v) is 6.06. The number of hydrogen-bond acceptors (Lipinski definition) is 4. The molecular weight excluding hydrogens is 216 g/mol. The minimum absolute atomic E-state index is 0.145.